The van der Waals surface area contributed by atoms with Crippen LogP contribution in [0.5, 0.6) is 0 Å². The lowest BCUT2D eigenvalue weighted by atomic mass is 9.98. The van der Waals surface area contributed by atoms with E-state index in [4.69, 9.17) is 4.74 Å². The first-order valence-electron chi connectivity index (χ1n) is 12.2. The van der Waals surface area contributed by atoms with E-state index in [0.29, 0.717) is 63.1 Å². The van der Waals surface area contributed by atoms with Gasteiger partial charge < -0.3 is 14.5 Å². The van der Waals surface area contributed by atoms with E-state index in [1.165, 1.54) is 29.3 Å². The highest BCUT2D eigenvalue weighted by atomic mass is 32.2. The molecule has 0 atom stereocenters. The van der Waals surface area contributed by atoms with Crippen molar-refractivity contribution in [2.75, 3.05) is 44.1 Å². The SMILES string of the molecule is O=C(c1ccc(NS(=O)(=O)c2cccc3cccnc23)cc1F)N1CCN(C(=O)C2CCOCC2)CC1. The molecule has 9 nitrogen and oxygen atoms in total. The smallest absolute Gasteiger partial charge is 0.264 e. The van der Waals surface area contributed by atoms with Crippen LogP contribution in [0, 0.1) is 11.7 Å². The molecule has 2 saturated heterocycles. The molecule has 2 aromatic carbocycles. The zero-order valence-electron chi connectivity index (χ0n) is 20.1. The number of fused-ring (bicyclic) bond motifs is 1. The summed E-state index contributed by atoms with van der Waals surface area (Å²) >= 11 is 0. The highest BCUT2D eigenvalue weighted by Crippen LogP contribution is 2.25. The number of benzene rings is 2. The van der Waals surface area contributed by atoms with E-state index in [2.05, 4.69) is 9.71 Å². The highest BCUT2D eigenvalue weighted by Gasteiger charge is 2.31. The summed E-state index contributed by atoms with van der Waals surface area (Å²) in [5, 5.41) is 0.659. The van der Waals surface area contributed by atoms with Crippen LogP contribution in [0.25, 0.3) is 10.9 Å². The summed E-state index contributed by atoms with van der Waals surface area (Å²) in [4.78, 5) is 33.1. The molecule has 194 valence electrons. The van der Waals surface area contributed by atoms with E-state index in [1.807, 2.05) is 0 Å². The Morgan fingerprint density at radius 3 is 2.41 bits per heavy atom. The van der Waals surface area contributed by atoms with E-state index >= 15 is 0 Å². The number of nitrogens with one attached hydrogen (secondary N) is 1. The number of aromatic nitrogens is 1. The predicted octanol–water partition coefficient (Wildman–Crippen LogP) is 2.89. The Labute approximate surface area is 214 Å². The number of sulfonamides is 1. The second-order valence-electron chi connectivity index (χ2n) is 9.14. The summed E-state index contributed by atoms with van der Waals surface area (Å²) in [6.07, 6.45) is 2.91. The molecule has 5 rings (SSSR count). The first-order valence-corrected chi connectivity index (χ1v) is 13.6. The largest absolute Gasteiger partial charge is 0.381 e. The standard InChI is InChI=1S/C26H27FN4O5S/c27-22-17-20(29-37(34,35)23-5-1-3-18-4-2-10-28-24(18)23)6-7-21(22)26(33)31-13-11-30(12-14-31)25(32)19-8-15-36-16-9-19/h1-7,10,17,19,29H,8-9,11-16H2. The van der Waals surface area contributed by atoms with Gasteiger partial charge in [-0.05, 0) is 43.2 Å². The van der Waals surface area contributed by atoms with E-state index in [1.54, 1.807) is 29.2 Å². The van der Waals surface area contributed by atoms with Gasteiger partial charge in [-0.3, -0.25) is 19.3 Å². The van der Waals surface area contributed by atoms with Crippen LogP contribution < -0.4 is 4.72 Å². The van der Waals surface area contributed by atoms with Crippen LogP contribution in [-0.4, -0.2) is 74.4 Å². The van der Waals surface area contributed by atoms with Gasteiger partial charge in [0.15, 0.2) is 0 Å². The van der Waals surface area contributed by atoms with Crippen LogP contribution in [0.15, 0.2) is 59.6 Å². The normalized spacial score (nSPS) is 17.1. The molecule has 3 heterocycles. The molecule has 0 saturated carbocycles. The van der Waals surface area contributed by atoms with Gasteiger partial charge in [0.05, 0.1) is 16.8 Å². The Morgan fingerprint density at radius 1 is 0.973 bits per heavy atom. The summed E-state index contributed by atoms with van der Waals surface area (Å²) < 4.78 is 48.7. The quantitative estimate of drug-likeness (QED) is 0.548. The van der Waals surface area contributed by atoms with E-state index in [0.717, 1.165) is 6.07 Å². The van der Waals surface area contributed by atoms with Gasteiger partial charge in [-0.1, -0.05) is 18.2 Å². The third-order valence-corrected chi connectivity index (χ3v) is 8.20. The summed E-state index contributed by atoms with van der Waals surface area (Å²) in [5.41, 5.74) is 0.145. The Kier molecular flexibility index (Phi) is 7.07. The van der Waals surface area contributed by atoms with Crippen molar-refractivity contribution in [2.24, 2.45) is 5.92 Å². The minimum absolute atomic E-state index is 0.00568. The fourth-order valence-electron chi connectivity index (χ4n) is 4.76. The summed E-state index contributed by atoms with van der Waals surface area (Å²) in [5.74, 6) is -1.29. The molecule has 3 aromatic rings. The van der Waals surface area contributed by atoms with Gasteiger partial charge in [0.2, 0.25) is 5.91 Å². The lowest BCUT2D eigenvalue weighted by Crippen LogP contribution is -2.52. The van der Waals surface area contributed by atoms with Gasteiger partial charge >= 0.3 is 0 Å². The molecule has 2 aliphatic heterocycles. The van der Waals surface area contributed by atoms with E-state index in [-0.39, 0.29) is 28.0 Å². The van der Waals surface area contributed by atoms with Gasteiger partial charge in [0.1, 0.15) is 10.7 Å². The van der Waals surface area contributed by atoms with Crippen LogP contribution >= 0.6 is 0 Å². The number of hydrogen-bond acceptors (Lipinski definition) is 6. The fraction of sp³-hybridized carbons (Fsp3) is 0.346. The Morgan fingerprint density at radius 2 is 1.68 bits per heavy atom. The van der Waals surface area contributed by atoms with Crippen molar-refractivity contribution in [1.29, 1.82) is 0 Å². The summed E-state index contributed by atoms with van der Waals surface area (Å²) in [6, 6.07) is 11.9. The molecule has 2 fully saturated rings. The van der Waals surface area contributed by atoms with Crippen molar-refractivity contribution in [3.63, 3.8) is 0 Å². The molecule has 0 unspecified atom stereocenters. The van der Waals surface area contributed by atoms with Crippen molar-refractivity contribution in [3.05, 3.63) is 66.1 Å². The Balaban J connectivity index is 1.25. The number of amides is 2. The molecule has 0 bridgehead atoms. The number of halogens is 1. The molecule has 2 aliphatic rings. The third-order valence-electron chi connectivity index (χ3n) is 6.79. The van der Waals surface area contributed by atoms with Crippen molar-refractivity contribution in [2.45, 2.75) is 17.7 Å². The number of hydrogen-bond donors (Lipinski definition) is 1. The first kappa shape index (κ1) is 25.1. The molecule has 0 radical (unpaired) electrons. The maximum absolute atomic E-state index is 15.0. The molecular weight excluding hydrogens is 499 g/mol. The molecule has 1 aromatic heterocycles. The van der Waals surface area contributed by atoms with Crippen molar-refractivity contribution in [1.82, 2.24) is 14.8 Å². The van der Waals surface area contributed by atoms with Crippen LogP contribution in [0.1, 0.15) is 23.2 Å². The van der Waals surface area contributed by atoms with E-state index in [9.17, 15) is 22.4 Å². The van der Waals surface area contributed by atoms with Crippen LogP contribution in [0.3, 0.4) is 0 Å². The number of carbonyl (C=O) groups is 2. The van der Waals surface area contributed by atoms with Crippen LogP contribution in [-0.2, 0) is 19.6 Å². The number of rotatable bonds is 5. The monoisotopic (exact) mass is 526 g/mol. The first-order chi connectivity index (χ1) is 17.8. The minimum Gasteiger partial charge on any atom is -0.381 e. The number of nitrogens with zero attached hydrogens (tertiary/aromatic N) is 3. The number of anilines is 1. The van der Waals surface area contributed by atoms with Gasteiger partial charge in [0.25, 0.3) is 15.9 Å². The molecule has 0 aliphatic carbocycles. The molecule has 1 N–H and O–H groups in total. The highest BCUT2D eigenvalue weighted by molar-refractivity contribution is 7.93. The third kappa shape index (κ3) is 5.28. The second-order valence-corrected chi connectivity index (χ2v) is 10.8. The summed E-state index contributed by atoms with van der Waals surface area (Å²) in [7, 11) is -4.05. The van der Waals surface area contributed by atoms with Crippen LogP contribution in [0.2, 0.25) is 0 Å². The zero-order valence-corrected chi connectivity index (χ0v) is 20.9. The van der Waals surface area contributed by atoms with Crippen LogP contribution in [0.4, 0.5) is 10.1 Å². The van der Waals surface area contributed by atoms with E-state index < -0.39 is 21.7 Å². The second kappa shape index (κ2) is 10.4. The maximum Gasteiger partial charge on any atom is 0.264 e. The zero-order chi connectivity index (χ0) is 26.0. The predicted molar refractivity (Wildman–Crippen MR) is 135 cm³/mol. The van der Waals surface area contributed by atoms with Gasteiger partial charge in [0, 0.05) is 56.9 Å². The minimum atomic E-state index is -4.05. The van der Waals surface area contributed by atoms with Crippen molar-refractivity contribution in [3.8, 4) is 0 Å². The number of para-hydroxylation sites is 1. The van der Waals surface area contributed by atoms with Gasteiger partial charge in [-0.2, -0.15) is 0 Å². The lowest BCUT2D eigenvalue weighted by Gasteiger charge is -2.37. The molecular formula is C26H27FN4O5S. The fourth-order valence-corrected chi connectivity index (χ4v) is 5.99. The van der Waals surface area contributed by atoms with Gasteiger partial charge in [-0.15, -0.1) is 0 Å². The maximum atomic E-state index is 15.0. The van der Waals surface area contributed by atoms with Gasteiger partial charge in [-0.25, -0.2) is 12.8 Å². The molecule has 2 amide bonds. The van der Waals surface area contributed by atoms with Crippen molar-refractivity contribution >= 4 is 38.4 Å². The summed E-state index contributed by atoms with van der Waals surface area (Å²) in [6.45, 7) is 2.55. The Bertz CT molecular complexity index is 1430. The Hall–Kier alpha value is -3.57. The number of pyridine rings is 1. The molecule has 37 heavy (non-hydrogen) atoms. The lowest BCUT2D eigenvalue weighted by molar-refractivity contribution is -0.140. The topological polar surface area (TPSA) is 109 Å². The number of carbonyl (C=O) groups excluding carboxylic acids is 2. The average molecular weight is 527 g/mol. The molecule has 0 spiro atoms. The van der Waals surface area contributed by atoms with Crippen molar-refractivity contribution < 1.29 is 27.1 Å². The number of ether oxygens (including phenoxy) is 1. The molecule has 11 heteroatoms. The number of piperazine rings is 1. The average Bonchev–Trinajstić information content (AvgIpc) is 2.92.